The SMILES string of the molecule is O=C(c1ccc(-c2cccc(F)c2)cc1)N(Cc1ccc(OCC2CCOC2)cc1)Cc1cccnc1. The summed E-state index contributed by atoms with van der Waals surface area (Å²) < 4.78 is 25.0. The van der Waals surface area contributed by atoms with E-state index in [-0.39, 0.29) is 11.7 Å². The molecule has 1 unspecified atom stereocenters. The van der Waals surface area contributed by atoms with Gasteiger partial charge in [0.05, 0.1) is 13.2 Å². The van der Waals surface area contributed by atoms with E-state index in [9.17, 15) is 9.18 Å². The van der Waals surface area contributed by atoms with Crippen LogP contribution in [0.1, 0.15) is 27.9 Å². The maximum Gasteiger partial charge on any atom is 0.254 e. The largest absolute Gasteiger partial charge is 0.493 e. The molecule has 1 atom stereocenters. The molecule has 0 N–H and O–H groups in total. The highest BCUT2D eigenvalue weighted by Crippen LogP contribution is 2.23. The molecule has 6 heteroatoms. The Balaban J connectivity index is 1.30. The van der Waals surface area contributed by atoms with E-state index >= 15 is 0 Å². The first-order valence-electron chi connectivity index (χ1n) is 12.5. The minimum atomic E-state index is -0.288. The van der Waals surface area contributed by atoms with Gasteiger partial charge in [-0.2, -0.15) is 0 Å². The number of halogens is 1. The van der Waals surface area contributed by atoms with Crippen molar-refractivity contribution >= 4 is 5.91 Å². The maximum atomic E-state index is 13.6. The second kappa shape index (κ2) is 11.8. The van der Waals surface area contributed by atoms with E-state index in [1.165, 1.54) is 12.1 Å². The van der Waals surface area contributed by atoms with Crippen LogP contribution in [0.25, 0.3) is 11.1 Å². The van der Waals surface area contributed by atoms with Crippen LogP contribution in [-0.4, -0.2) is 35.6 Å². The highest BCUT2D eigenvalue weighted by Gasteiger charge is 2.18. The summed E-state index contributed by atoms with van der Waals surface area (Å²) in [6, 6.07) is 25.5. The molecule has 37 heavy (non-hydrogen) atoms. The summed E-state index contributed by atoms with van der Waals surface area (Å²) >= 11 is 0. The van der Waals surface area contributed by atoms with Gasteiger partial charge in [0, 0.05) is 43.6 Å². The van der Waals surface area contributed by atoms with Crippen LogP contribution in [0.5, 0.6) is 5.75 Å². The molecule has 0 saturated carbocycles. The summed E-state index contributed by atoms with van der Waals surface area (Å²) in [6.07, 6.45) is 4.53. The number of ether oxygens (including phenoxy) is 2. The van der Waals surface area contributed by atoms with Crippen LogP contribution < -0.4 is 4.74 Å². The molecule has 0 radical (unpaired) electrons. The van der Waals surface area contributed by atoms with E-state index in [0.717, 1.165) is 47.6 Å². The molecule has 1 aliphatic rings. The number of hydrogen-bond acceptors (Lipinski definition) is 4. The Hall–Kier alpha value is -4.03. The Morgan fingerprint density at radius 1 is 0.946 bits per heavy atom. The summed E-state index contributed by atoms with van der Waals surface area (Å²) in [4.78, 5) is 19.6. The molecule has 1 amide bonds. The van der Waals surface area contributed by atoms with Crippen LogP contribution >= 0.6 is 0 Å². The number of hydrogen-bond donors (Lipinski definition) is 0. The first-order valence-corrected chi connectivity index (χ1v) is 12.5. The van der Waals surface area contributed by atoms with Crippen molar-refractivity contribution in [3.05, 3.63) is 120 Å². The smallest absolute Gasteiger partial charge is 0.254 e. The lowest BCUT2D eigenvalue weighted by Gasteiger charge is -2.23. The molecule has 3 aromatic carbocycles. The van der Waals surface area contributed by atoms with Crippen LogP contribution in [0.2, 0.25) is 0 Å². The Kier molecular flexibility index (Phi) is 7.87. The zero-order valence-corrected chi connectivity index (χ0v) is 20.6. The molecule has 5 rings (SSSR count). The monoisotopic (exact) mass is 496 g/mol. The van der Waals surface area contributed by atoms with Crippen LogP contribution in [0.3, 0.4) is 0 Å². The maximum absolute atomic E-state index is 13.6. The molecular formula is C31H29FN2O3. The van der Waals surface area contributed by atoms with Crippen LogP contribution in [0.4, 0.5) is 4.39 Å². The predicted molar refractivity (Wildman–Crippen MR) is 141 cm³/mol. The summed E-state index contributed by atoms with van der Waals surface area (Å²) in [5, 5.41) is 0. The van der Waals surface area contributed by atoms with E-state index < -0.39 is 0 Å². The van der Waals surface area contributed by atoms with Crippen LogP contribution in [0.15, 0.2) is 97.3 Å². The van der Waals surface area contributed by atoms with Gasteiger partial charge in [0.1, 0.15) is 11.6 Å². The summed E-state index contributed by atoms with van der Waals surface area (Å²) in [6.45, 7) is 3.08. The van der Waals surface area contributed by atoms with Crippen molar-refractivity contribution in [1.82, 2.24) is 9.88 Å². The molecule has 0 aliphatic carbocycles. The molecule has 1 fully saturated rings. The summed E-state index contributed by atoms with van der Waals surface area (Å²) in [7, 11) is 0. The number of carbonyl (C=O) groups is 1. The Morgan fingerprint density at radius 3 is 2.46 bits per heavy atom. The van der Waals surface area contributed by atoms with Crippen molar-refractivity contribution in [2.24, 2.45) is 5.92 Å². The third-order valence-corrected chi connectivity index (χ3v) is 6.48. The molecular weight excluding hydrogens is 467 g/mol. The van der Waals surface area contributed by atoms with E-state index in [1.807, 2.05) is 54.6 Å². The Labute approximate surface area is 216 Å². The van der Waals surface area contributed by atoms with Crippen molar-refractivity contribution in [1.29, 1.82) is 0 Å². The first-order chi connectivity index (χ1) is 18.1. The lowest BCUT2D eigenvalue weighted by molar-refractivity contribution is 0.0730. The number of nitrogens with zero attached hydrogens (tertiary/aromatic N) is 2. The molecule has 188 valence electrons. The second-order valence-electron chi connectivity index (χ2n) is 9.29. The Morgan fingerprint density at radius 2 is 1.76 bits per heavy atom. The zero-order valence-electron chi connectivity index (χ0n) is 20.6. The van der Waals surface area contributed by atoms with E-state index in [2.05, 4.69) is 4.98 Å². The number of aromatic nitrogens is 1. The number of benzene rings is 3. The van der Waals surface area contributed by atoms with Gasteiger partial charge in [0.15, 0.2) is 0 Å². The minimum Gasteiger partial charge on any atom is -0.493 e. The average molecular weight is 497 g/mol. The number of carbonyl (C=O) groups excluding carboxylic acids is 1. The molecule has 1 aliphatic heterocycles. The van der Waals surface area contributed by atoms with E-state index in [4.69, 9.17) is 9.47 Å². The lowest BCUT2D eigenvalue weighted by Crippen LogP contribution is -2.30. The normalized spacial score (nSPS) is 14.9. The molecule has 1 aromatic heterocycles. The fourth-order valence-electron chi connectivity index (χ4n) is 4.41. The quantitative estimate of drug-likeness (QED) is 0.279. The van der Waals surface area contributed by atoms with Gasteiger partial charge in [0.2, 0.25) is 0 Å². The van der Waals surface area contributed by atoms with Gasteiger partial charge in [-0.1, -0.05) is 42.5 Å². The molecule has 5 nitrogen and oxygen atoms in total. The molecule has 2 heterocycles. The van der Waals surface area contributed by atoms with E-state index in [1.54, 1.807) is 35.5 Å². The molecule has 0 bridgehead atoms. The van der Waals surface area contributed by atoms with Gasteiger partial charge >= 0.3 is 0 Å². The fourth-order valence-corrected chi connectivity index (χ4v) is 4.41. The Bertz CT molecular complexity index is 1300. The molecule has 0 spiro atoms. The van der Waals surface area contributed by atoms with Gasteiger partial charge in [-0.3, -0.25) is 9.78 Å². The molecule has 1 saturated heterocycles. The van der Waals surface area contributed by atoms with Gasteiger partial charge < -0.3 is 14.4 Å². The van der Waals surface area contributed by atoms with Gasteiger partial charge in [-0.25, -0.2) is 4.39 Å². The van der Waals surface area contributed by atoms with Gasteiger partial charge in [-0.05, 0) is 71.1 Å². The van der Waals surface area contributed by atoms with Crippen molar-refractivity contribution in [3.8, 4) is 16.9 Å². The first kappa shape index (κ1) is 24.7. The van der Waals surface area contributed by atoms with Crippen molar-refractivity contribution in [2.45, 2.75) is 19.5 Å². The van der Waals surface area contributed by atoms with Crippen molar-refractivity contribution in [2.75, 3.05) is 19.8 Å². The van der Waals surface area contributed by atoms with E-state index in [0.29, 0.717) is 31.2 Å². The second-order valence-corrected chi connectivity index (χ2v) is 9.29. The predicted octanol–water partition coefficient (Wildman–Crippen LogP) is 6.15. The number of pyridine rings is 1. The van der Waals surface area contributed by atoms with Crippen molar-refractivity contribution < 1.29 is 18.7 Å². The lowest BCUT2D eigenvalue weighted by atomic mass is 10.0. The van der Waals surface area contributed by atoms with Crippen LogP contribution in [-0.2, 0) is 17.8 Å². The third kappa shape index (κ3) is 6.60. The molecule has 4 aromatic rings. The zero-order chi connectivity index (χ0) is 25.5. The van der Waals surface area contributed by atoms with Crippen molar-refractivity contribution in [3.63, 3.8) is 0 Å². The van der Waals surface area contributed by atoms with Crippen LogP contribution in [0, 0.1) is 11.7 Å². The topological polar surface area (TPSA) is 51.7 Å². The number of rotatable bonds is 9. The fraction of sp³-hybridized carbons (Fsp3) is 0.226. The van der Waals surface area contributed by atoms with Gasteiger partial charge in [0.25, 0.3) is 5.91 Å². The minimum absolute atomic E-state index is 0.0868. The standard InChI is InChI=1S/C31H29FN2O3/c32-29-5-1-4-28(17-29)26-8-10-27(11-9-26)31(35)34(20-24-3-2-15-33-18-24)19-23-6-12-30(13-7-23)37-22-25-14-16-36-21-25/h1-13,15,17-18,25H,14,16,19-22H2. The third-order valence-electron chi connectivity index (χ3n) is 6.48. The highest BCUT2D eigenvalue weighted by molar-refractivity contribution is 5.94. The summed E-state index contributed by atoms with van der Waals surface area (Å²) in [5.41, 5.74) is 4.16. The van der Waals surface area contributed by atoms with Gasteiger partial charge in [-0.15, -0.1) is 0 Å². The number of amides is 1. The average Bonchev–Trinajstić information content (AvgIpc) is 3.46. The summed E-state index contributed by atoms with van der Waals surface area (Å²) in [5.74, 6) is 0.883. The highest BCUT2D eigenvalue weighted by atomic mass is 19.1.